The van der Waals surface area contributed by atoms with E-state index in [1.54, 1.807) is 30.3 Å². The van der Waals surface area contributed by atoms with E-state index in [1.165, 1.54) is 16.0 Å². The van der Waals surface area contributed by atoms with Crippen molar-refractivity contribution < 1.29 is 14.3 Å². The Morgan fingerprint density at radius 3 is 2.89 bits per heavy atom. The van der Waals surface area contributed by atoms with Gasteiger partial charge in [-0.1, -0.05) is 0 Å². The zero-order chi connectivity index (χ0) is 19.5. The minimum Gasteiger partial charge on any atom is -0.495 e. The maximum absolute atomic E-state index is 12.9. The lowest BCUT2D eigenvalue weighted by Gasteiger charge is -2.33. The number of hydrogen-bond acceptors (Lipinski definition) is 7. The Labute approximate surface area is 167 Å². The predicted octanol–water partition coefficient (Wildman–Crippen LogP) is 1.63. The van der Waals surface area contributed by atoms with Gasteiger partial charge in [-0.15, -0.1) is 11.3 Å². The molecule has 2 aliphatic rings. The van der Waals surface area contributed by atoms with Gasteiger partial charge in [-0.05, 0) is 24.3 Å². The summed E-state index contributed by atoms with van der Waals surface area (Å²) in [6, 6.07) is 3.33. The molecule has 28 heavy (non-hydrogen) atoms. The molecule has 2 saturated heterocycles. The monoisotopic (exact) mass is 404 g/mol. The van der Waals surface area contributed by atoms with E-state index in [2.05, 4.69) is 10.00 Å². The first-order chi connectivity index (χ1) is 13.7. The van der Waals surface area contributed by atoms with Crippen molar-refractivity contribution in [1.29, 1.82) is 0 Å². The molecule has 150 valence electrons. The normalized spacial score (nSPS) is 20.2. The number of carbonyl (C=O) groups is 1. The summed E-state index contributed by atoms with van der Waals surface area (Å²) in [7, 11) is 1.57. The Balaban J connectivity index is 1.50. The van der Waals surface area contributed by atoms with E-state index in [0.29, 0.717) is 36.9 Å². The lowest BCUT2D eigenvalue weighted by molar-refractivity contribution is 0.0672. The fourth-order valence-corrected chi connectivity index (χ4v) is 4.60. The molecule has 8 nitrogen and oxygen atoms in total. The van der Waals surface area contributed by atoms with Gasteiger partial charge in [-0.2, -0.15) is 5.10 Å². The Bertz CT molecular complexity index is 890. The Kier molecular flexibility index (Phi) is 5.63. The Morgan fingerprint density at radius 1 is 1.32 bits per heavy atom. The fraction of sp³-hybridized carbons (Fsp3) is 0.526. The maximum atomic E-state index is 12.9. The van der Waals surface area contributed by atoms with Crippen LogP contribution in [0.5, 0.6) is 5.75 Å². The molecule has 0 bridgehead atoms. The van der Waals surface area contributed by atoms with Gasteiger partial charge in [0.05, 0.1) is 38.2 Å². The van der Waals surface area contributed by atoms with Crippen molar-refractivity contribution in [3.8, 4) is 5.75 Å². The SMILES string of the molecule is COc1ccsc1C(=O)N1CCC[C@@H](n2ncc(N3CCOCC3)cc2=O)C1. The van der Waals surface area contributed by atoms with Gasteiger partial charge in [0.1, 0.15) is 10.6 Å². The Hall–Kier alpha value is -2.39. The standard InChI is InChI=1S/C19H24N4O4S/c1-26-16-4-10-28-18(16)19(25)22-5-2-3-14(13-22)23-17(24)11-15(12-20-23)21-6-8-27-9-7-21/h4,10-12,14H,2-3,5-9,13H2,1H3/t14-/m1/s1. The van der Waals surface area contributed by atoms with Crippen molar-refractivity contribution in [3.05, 3.63) is 38.9 Å². The zero-order valence-corrected chi connectivity index (χ0v) is 16.7. The highest BCUT2D eigenvalue weighted by Crippen LogP contribution is 2.28. The van der Waals surface area contributed by atoms with Crippen molar-refractivity contribution in [2.75, 3.05) is 51.4 Å². The van der Waals surface area contributed by atoms with E-state index in [0.717, 1.165) is 31.6 Å². The highest BCUT2D eigenvalue weighted by atomic mass is 32.1. The maximum Gasteiger partial charge on any atom is 0.269 e. The molecule has 0 aromatic carbocycles. The lowest BCUT2D eigenvalue weighted by Crippen LogP contribution is -2.43. The van der Waals surface area contributed by atoms with Gasteiger partial charge < -0.3 is 19.3 Å². The van der Waals surface area contributed by atoms with Crippen LogP contribution in [0.3, 0.4) is 0 Å². The largest absolute Gasteiger partial charge is 0.495 e. The topological polar surface area (TPSA) is 76.9 Å². The molecule has 2 aromatic rings. The van der Waals surface area contributed by atoms with Gasteiger partial charge in [-0.3, -0.25) is 9.59 Å². The van der Waals surface area contributed by atoms with Crippen molar-refractivity contribution in [2.45, 2.75) is 18.9 Å². The molecular weight excluding hydrogens is 380 g/mol. The summed E-state index contributed by atoms with van der Waals surface area (Å²) in [6.07, 6.45) is 3.41. The second-order valence-electron chi connectivity index (χ2n) is 6.96. The first-order valence-corrected chi connectivity index (χ1v) is 10.4. The van der Waals surface area contributed by atoms with Crippen LogP contribution in [0.2, 0.25) is 0 Å². The van der Waals surface area contributed by atoms with Crippen molar-refractivity contribution in [2.24, 2.45) is 0 Å². The number of amides is 1. The van der Waals surface area contributed by atoms with Gasteiger partial charge >= 0.3 is 0 Å². The highest BCUT2D eigenvalue weighted by Gasteiger charge is 2.29. The van der Waals surface area contributed by atoms with E-state index in [9.17, 15) is 9.59 Å². The molecule has 0 saturated carbocycles. The molecule has 4 heterocycles. The predicted molar refractivity (Wildman–Crippen MR) is 107 cm³/mol. The van der Waals surface area contributed by atoms with Crippen LogP contribution < -0.4 is 15.2 Å². The molecule has 1 atom stereocenters. The molecular formula is C19H24N4O4S. The number of morpholine rings is 1. The molecule has 1 amide bonds. The van der Waals surface area contributed by atoms with Crippen molar-refractivity contribution in [1.82, 2.24) is 14.7 Å². The number of methoxy groups -OCH3 is 1. The van der Waals surface area contributed by atoms with Crippen LogP contribution in [-0.2, 0) is 4.74 Å². The highest BCUT2D eigenvalue weighted by molar-refractivity contribution is 7.12. The van der Waals surface area contributed by atoms with E-state index in [1.807, 2.05) is 5.38 Å². The van der Waals surface area contributed by atoms with Gasteiger partial charge in [0.2, 0.25) is 0 Å². The average molecular weight is 404 g/mol. The number of hydrogen-bond donors (Lipinski definition) is 0. The third kappa shape index (κ3) is 3.77. The second-order valence-corrected chi connectivity index (χ2v) is 7.88. The minimum absolute atomic E-state index is 0.0467. The number of carbonyl (C=O) groups excluding carboxylic acids is 1. The lowest BCUT2D eigenvalue weighted by atomic mass is 10.1. The van der Waals surface area contributed by atoms with Gasteiger partial charge in [0.25, 0.3) is 11.5 Å². The minimum atomic E-state index is -0.128. The molecule has 9 heteroatoms. The third-order valence-corrected chi connectivity index (χ3v) is 6.14. The number of aromatic nitrogens is 2. The van der Waals surface area contributed by atoms with Crippen molar-refractivity contribution >= 4 is 22.9 Å². The number of anilines is 1. The number of thiophene rings is 1. The van der Waals surface area contributed by atoms with Crippen LogP contribution in [0.25, 0.3) is 0 Å². The van der Waals surface area contributed by atoms with Crippen LogP contribution in [0.15, 0.2) is 28.5 Å². The van der Waals surface area contributed by atoms with E-state index < -0.39 is 0 Å². The van der Waals surface area contributed by atoms with Crippen LogP contribution in [0.4, 0.5) is 5.69 Å². The smallest absolute Gasteiger partial charge is 0.269 e. The molecule has 0 aliphatic carbocycles. The molecule has 0 spiro atoms. The van der Waals surface area contributed by atoms with Crippen molar-refractivity contribution in [3.63, 3.8) is 0 Å². The van der Waals surface area contributed by atoms with E-state index in [-0.39, 0.29) is 17.5 Å². The molecule has 0 radical (unpaired) electrons. The van der Waals surface area contributed by atoms with Gasteiger partial charge in [0, 0.05) is 32.2 Å². The van der Waals surface area contributed by atoms with Gasteiger partial charge in [-0.25, -0.2) is 4.68 Å². The summed E-state index contributed by atoms with van der Waals surface area (Å²) < 4.78 is 12.2. The summed E-state index contributed by atoms with van der Waals surface area (Å²) in [5.41, 5.74) is 0.702. The molecule has 2 aromatic heterocycles. The van der Waals surface area contributed by atoms with E-state index in [4.69, 9.17) is 9.47 Å². The Morgan fingerprint density at radius 2 is 2.14 bits per heavy atom. The van der Waals surface area contributed by atoms with E-state index >= 15 is 0 Å². The number of likely N-dealkylation sites (tertiary alicyclic amines) is 1. The summed E-state index contributed by atoms with van der Waals surface area (Å²) in [5, 5.41) is 6.28. The quantitative estimate of drug-likeness (QED) is 0.771. The molecule has 2 fully saturated rings. The summed E-state index contributed by atoms with van der Waals surface area (Å²) in [4.78, 5) is 30.1. The summed E-state index contributed by atoms with van der Waals surface area (Å²) in [5.74, 6) is 0.553. The summed E-state index contributed by atoms with van der Waals surface area (Å²) >= 11 is 1.38. The average Bonchev–Trinajstić information content (AvgIpc) is 3.23. The van der Waals surface area contributed by atoms with Crippen LogP contribution in [0, 0.1) is 0 Å². The summed E-state index contributed by atoms with van der Waals surface area (Å²) in [6.45, 7) is 4.00. The van der Waals surface area contributed by atoms with Gasteiger partial charge in [0.15, 0.2) is 0 Å². The molecule has 4 rings (SSSR count). The van der Waals surface area contributed by atoms with Crippen LogP contribution in [0.1, 0.15) is 28.6 Å². The second kappa shape index (κ2) is 8.32. The number of rotatable bonds is 4. The number of ether oxygens (including phenoxy) is 2. The number of nitrogens with zero attached hydrogens (tertiary/aromatic N) is 4. The number of piperidine rings is 1. The first kappa shape index (κ1) is 18.9. The molecule has 0 unspecified atom stereocenters. The molecule has 0 N–H and O–H groups in total. The van der Waals surface area contributed by atoms with Crippen LogP contribution in [-0.4, -0.2) is 67.1 Å². The first-order valence-electron chi connectivity index (χ1n) is 9.49. The third-order valence-electron chi connectivity index (χ3n) is 5.26. The fourth-order valence-electron chi connectivity index (χ4n) is 3.77. The molecule has 2 aliphatic heterocycles. The van der Waals surface area contributed by atoms with Crippen LogP contribution >= 0.6 is 11.3 Å². The zero-order valence-electron chi connectivity index (χ0n) is 15.9.